The van der Waals surface area contributed by atoms with Gasteiger partial charge in [-0.15, -0.1) is 0 Å². The lowest BCUT2D eigenvalue weighted by Crippen LogP contribution is -2.25. The van der Waals surface area contributed by atoms with Crippen molar-refractivity contribution in [3.63, 3.8) is 0 Å². The number of aromatic nitrogens is 2. The van der Waals surface area contributed by atoms with Gasteiger partial charge < -0.3 is 10.1 Å². The minimum atomic E-state index is -0.0850. The van der Waals surface area contributed by atoms with Gasteiger partial charge in [0, 0.05) is 19.8 Å². The first-order valence-corrected chi connectivity index (χ1v) is 8.20. The molecule has 0 atom stereocenters. The van der Waals surface area contributed by atoms with E-state index in [1.165, 1.54) is 0 Å². The van der Waals surface area contributed by atoms with E-state index >= 15 is 0 Å². The van der Waals surface area contributed by atoms with Crippen LogP contribution in [0.4, 0.5) is 0 Å². The molecule has 0 radical (unpaired) electrons. The zero-order chi connectivity index (χ0) is 16.5. The average molecular weight is 315 g/mol. The molecule has 1 heterocycles. The molecule has 2 rings (SSSR count). The number of amides is 1. The third kappa shape index (κ3) is 4.93. The molecule has 1 N–H and O–H groups in total. The minimum Gasteiger partial charge on any atom is -0.381 e. The van der Waals surface area contributed by atoms with Crippen LogP contribution >= 0.6 is 0 Å². The van der Waals surface area contributed by atoms with Gasteiger partial charge in [-0.05, 0) is 31.9 Å². The molecule has 5 heteroatoms. The fourth-order valence-corrected chi connectivity index (χ4v) is 2.28. The Hall–Kier alpha value is -2.14. The van der Waals surface area contributed by atoms with Crippen LogP contribution in [-0.4, -0.2) is 35.4 Å². The Morgan fingerprint density at radius 3 is 2.70 bits per heavy atom. The molecular formula is C18H25N3O2. The molecule has 0 saturated carbocycles. The minimum absolute atomic E-state index is 0.0850. The summed E-state index contributed by atoms with van der Waals surface area (Å²) in [5, 5.41) is 7.24. The van der Waals surface area contributed by atoms with E-state index in [-0.39, 0.29) is 5.91 Å². The molecule has 0 aliphatic rings. The lowest BCUT2D eigenvalue weighted by atomic mass is 10.2. The number of unbranched alkanes of at least 4 members (excludes halogenated alkanes) is 1. The number of carbonyl (C=O) groups excluding carboxylic acids is 1. The molecule has 1 aromatic heterocycles. The zero-order valence-electron chi connectivity index (χ0n) is 13.9. The predicted octanol–water partition coefficient (Wildman–Crippen LogP) is 3.12. The van der Waals surface area contributed by atoms with Gasteiger partial charge in [0.2, 0.25) is 0 Å². The predicted molar refractivity (Wildman–Crippen MR) is 91.0 cm³/mol. The number of carbonyl (C=O) groups is 1. The maximum atomic E-state index is 12.2. The van der Waals surface area contributed by atoms with Crippen molar-refractivity contribution >= 4 is 5.91 Å². The summed E-state index contributed by atoms with van der Waals surface area (Å²) in [4.78, 5) is 12.2. The molecule has 23 heavy (non-hydrogen) atoms. The van der Waals surface area contributed by atoms with Crippen molar-refractivity contribution in [1.29, 1.82) is 0 Å². The van der Waals surface area contributed by atoms with E-state index in [0.717, 1.165) is 37.3 Å². The van der Waals surface area contributed by atoms with E-state index in [9.17, 15) is 4.79 Å². The highest BCUT2D eigenvalue weighted by atomic mass is 16.5. The van der Waals surface area contributed by atoms with Crippen LogP contribution in [-0.2, 0) is 4.74 Å². The number of para-hydroxylation sites is 1. The molecule has 0 unspecified atom stereocenters. The molecule has 1 amide bonds. The van der Waals surface area contributed by atoms with Gasteiger partial charge in [-0.2, -0.15) is 5.10 Å². The van der Waals surface area contributed by atoms with Crippen LogP contribution in [0.5, 0.6) is 0 Å². The van der Waals surface area contributed by atoms with E-state index in [2.05, 4.69) is 17.3 Å². The number of nitrogens with one attached hydrogen (secondary N) is 1. The number of benzene rings is 1. The Bertz CT molecular complexity index is 608. The highest BCUT2D eigenvalue weighted by Gasteiger charge is 2.14. The van der Waals surface area contributed by atoms with Crippen LogP contribution in [0, 0.1) is 6.92 Å². The summed E-state index contributed by atoms with van der Waals surface area (Å²) < 4.78 is 7.26. The lowest BCUT2D eigenvalue weighted by molar-refractivity contribution is 0.0940. The lowest BCUT2D eigenvalue weighted by Gasteiger charge is -2.07. The maximum Gasteiger partial charge on any atom is 0.254 e. The zero-order valence-corrected chi connectivity index (χ0v) is 13.9. The summed E-state index contributed by atoms with van der Waals surface area (Å²) in [7, 11) is 0. The summed E-state index contributed by atoms with van der Waals surface area (Å²) in [6.45, 7) is 6.14. The summed E-state index contributed by atoms with van der Waals surface area (Å²) >= 11 is 0. The van der Waals surface area contributed by atoms with Gasteiger partial charge in [0.05, 0.1) is 23.1 Å². The Labute approximate surface area is 137 Å². The van der Waals surface area contributed by atoms with Crippen LogP contribution in [0.15, 0.2) is 36.5 Å². The molecule has 5 nitrogen and oxygen atoms in total. The van der Waals surface area contributed by atoms with Gasteiger partial charge in [-0.1, -0.05) is 31.5 Å². The van der Waals surface area contributed by atoms with Crippen LogP contribution < -0.4 is 5.32 Å². The molecule has 0 fully saturated rings. The Balaban J connectivity index is 1.83. The standard InChI is InChI=1S/C18H25N3O2/c1-3-4-12-23-13-8-11-19-18(22)17-14-20-21(15(17)2)16-9-6-5-7-10-16/h5-7,9-10,14H,3-4,8,11-13H2,1-2H3,(H,19,22). The third-order valence-electron chi connectivity index (χ3n) is 3.65. The van der Waals surface area contributed by atoms with E-state index in [1.807, 2.05) is 37.3 Å². The molecule has 1 aromatic carbocycles. The van der Waals surface area contributed by atoms with Gasteiger partial charge in [-0.3, -0.25) is 4.79 Å². The van der Waals surface area contributed by atoms with Crippen LogP contribution in [0.3, 0.4) is 0 Å². The number of nitrogens with zero attached hydrogens (tertiary/aromatic N) is 2. The second-order valence-electron chi connectivity index (χ2n) is 5.47. The fraction of sp³-hybridized carbons (Fsp3) is 0.444. The molecule has 0 aliphatic heterocycles. The van der Waals surface area contributed by atoms with Crippen LogP contribution in [0.2, 0.25) is 0 Å². The third-order valence-corrected chi connectivity index (χ3v) is 3.65. The Morgan fingerprint density at radius 2 is 1.96 bits per heavy atom. The topological polar surface area (TPSA) is 56.1 Å². The van der Waals surface area contributed by atoms with Crippen LogP contribution in [0.25, 0.3) is 5.69 Å². The van der Waals surface area contributed by atoms with Crippen molar-refractivity contribution in [2.45, 2.75) is 33.1 Å². The molecule has 0 aliphatic carbocycles. The maximum absolute atomic E-state index is 12.2. The van der Waals surface area contributed by atoms with E-state index in [1.54, 1.807) is 10.9 Å². The van der Waals surface area contributed by atoms with E-state index in [0.29, 0.717) is 18.7 Å². The van der Waals surface area contributed by atoms with Crippen molar-refractivity contribution in [3.05, 3.63) is 47.8 Å². The summed E-state index contributed by atoms with van der Waals surface area (Å²) in [5.74, 6) is -0.0850. The van der Waals surface area contributed by atoms with E-state index in [4.69, 9.17) is 4.74 Å². The van der Waals surface area contributed by atoms with Crippen LogP contribution in [0.1, 0.15) is 42.2 Å². The molecular weight excluding hydrogens is 290 g/mol. The second-order valence-corrected chi connectivity index (χ2v) is 5.47. The van der Waals surface area contributed by atoms with Gasteiger partial charge in [0.25, 0.3) is 5.91 Å². The molecule has 0 bridgehead atoms. The fourth-order valence-electron chi connectivity index (χ4n) is 2.28. The van der Waals surface area contributed by atoms with Crippen molar-refractivity contribution in [2.24, 2.45) is 0 Å². The monoisotopic (exact) mass is 315 g/mol. The second kappa shape index (κ2) is 9.10. The Kier molecular flexibility index (Phi) is 6.81. The number of hydrogen-bond acceptors (Lipinski definition) is 3. The van der Waals surface area contributed by atoms with E-state index < -0.39 is 0 Å². The number of ether oxygens (including phenoxy) is 1. The van der Waals surface area contributed by atoms with Crippen molar-refractivity contribution < 1.29 is 9.53 Å². The highest BCUT2D eigenvalue weighted by Crippen LogP contribution is 2.13. The highest BCUT2D eigenvalue weighted by molar-refractivity contribution is 5.95. The first kappa shape index (κ1) is 17.2. The van der Waals surface area contributed by atoms with Gasteiger partial charge in [0.1, 0.15) is 0 Å². The SMILES string of the molecule is CCCCOCCCNC(=O)c1cnn(-c2ccccc2)c1C. The molecule has 0 spiro atoms. The molecule has 0 saturated heterocycles. The largest absolute Gasteiger partial charge is 0.381 e. The molecule has 2 aromatic rings. The van der Waals surface area contributed by atoms with Gasteiger partial charge >= 0.3 is 0 Å². The quantitative estimate of drug-likeness (QED) is 0.723. The molecule has 124 valence electrons. The van der Waals surface area contributed by atoms with Gasteiger partial charge in [-0.25, -0.2) is 4.68 Å². The van der Waals surface area contributed by atoms with Gasteiger partial charge in [0.15, 0.2) is 0 Å². The summed E-state index contributed by atoms with van der Waals surface area (Å²) in [6.07, 6.45) is 4.67. The Morgan fingerprint density at radius 1 is 1.22 bits per heavy atom. The smallest absolute Gasteiger partial charge is 0.254 e. The van der Waals surface area contributed by atoms with Crippen molar-refractivity contribution in [1.82, 2.24) is 15.1 Å². The summed E-state index contributed by atoms with van der Waals surface area (Å²) in [5.41, 5.74) is 2.40. The average Bonchev–Trinajstić information content (AvgIpc) is 2.96. The first-order valence-electron chi connectivity index (χ1n) is 8.20. The number of rotatable bonds is 9. The van der Waals surface area contributed by atoms with Crippen molar-refractivity contribution in [2.75, 3.05) is 19.8 Å². The summed E-state index contributed by atoms with van der Waals surface area (Å²) in [6, 6.07) is 9.80. The normalized spacial score (nSPS) is 10.7. The van der Waals surface area contributed by atoms with Crippen molar-refractivity contribution in [3.8, 4) is 5.69 Å². The number of hydrogen-bond donors (Lipinski definition) is 1. The first-order chi connectivity index (χ1) is 11.2.